The summed E-state index contributed by atoms with van der Waals surface area (Å²) in [4.78, 5) is 11.9. The molecule has 0 radical (unpaired) electrons. The molecule has 0 unspecified atom stereocenters. The van der Waals surface area contributed by atoms with Crippen molar-refractivity contribution in [2.75, 3.05) is 13.1 Å². The Bertz CT molecular complexity index is 668. The number of hydrogen-bond donors (Lipinski definition) is 6. The third kappa shape index (κ3) is 5.65. The maximum absolute atomic E-state index is 12.9. The molecule has 8 N–H and O–H groups in total. The summed E-state index contributed by atoms with van der Waals surface area (Å²) in [5.74, 6) is -0.379. The highest BCUT2D eigenvalue weighted by molar-refractivity contribution is 7.87. The Balaban J connectivity index is 1.98. The van der Waals surface area contributed by atoms with Gasteiger partial charge in [0, 0.05) is 24.7 Å². The summed E-state index contributed by atoms with van der Waals surface area (Å²) in [6, 6.07) is -1.14. The first-order valence-electron chi connectivity index (χ1n) is 9.79. The van der Waals surface area contributed by atoms with Gasteiger partial charge in [-0.25, -0.2) is 0 Å². The molecule has 1 amide bonds. The number of carbonyl (C=O) groups excluding carboxylic acids is 1. The highest BCUT2D eigenvalue weighted by atomic mass is 32.2. The standard InChI is InChI=1S/C16H34BN5O5S/c1-11(18)14(23)20-16(6-7-16)12(2)21-28(26,27)22-9-13(15(3,19)10-22)5-4-8-17(24)25/h11-13,21,24-25H,4-10,18-19H2,1-3H3,(H,20,23)/t11-,12-,13-,15-/m0/s1. The fourth-order valence-electron chi connectivity index (χ4n) is 3.75. The Morgan fingerprint density at radius 1 is 1.36 bits per heavy atom. The molecule has 1 heterocycles. The zero-order chi connectivity index (χ0) is 21.3. The number of hydrogen-bond acceptors (Lipinski definition) is 7. The van der Waals surface area contributed by atoms with Gasteiger partial charge in [0.05, 0.1) is 11.6 Å². The molecule has 1 aliphatic heterocycles. The van der Waals surface area contributed by atoms with E-state index in [0.717, 1.165) is 0 Å². The third-order valence-electron chi connectivity index (χ3n) is 5.96. The highest BCUT2D eigenvalue weighted by Crippen LogP contribution is 2.39. The molecule has 12 heteroatoms. The van der Waals surface area contributed by atoms with Crippen LogP contribution in [0.15, 0.2) is 0 Å². The number of nitrogens with zero attached hydrogens (tertiary/aromatic N) is 1. The van der Waals surface area contributed by atoms with Crippen molar-refractivity contribution in [1.82, 2.24) is 14.3 Å². The predicted octanol–water partition coefficient (Wildman–Crippen LogP) is -1.89. The average Bonchev–Trinajstić information content (AvgIpc) is 3.25. The van der Waals surface area contributed by atoms with E-state index in [4.69, 9.17) is 21.5 Å². The smallest absolute Gasteiger partial charge is 0.427 e. The lowest BCUT2D eigenvalue weighted by atomic mass is 9.79. The average molecular weight is 419 g/mol. The molecule has 1 saturated heterocycles. The Morgan fingerprint density at radius 3 is 2.46 bits per heavy atom. The van der Waals surface area contributed by atoms with Crippen LogP contribution in [0.2, 0.25) is 6.32 Å². The molecule has 0 aromatic heterocycles. The van der Waals surface area contributed by atoms with Crippen molar-refractivity contribution in [3.63, 3.8) is 0 Å². The summed E-state index contributed by atoms with van der Waals surface area (Å²) in [6.07, 6.45) is 2.78. The normalized spacial score (nSPS) is 29.3. The van der Waals surface area contributed by atoms with E-state index < -0.39 is 40.5 Å². The lowest BCUT2D eigenvalue weighted by Gasteiger charge is -2.28. The topological polar surface area (TPSA) is 171 Å². The minimum absolute atomic E-state index is 0.0780. The maximum Gasteiger partial charge on any atom is 0.451 e. The van der Waals surface area contributed by atoms with Gasteiger partial charge in [-0.1, -0.05) is 6.42 Å². The van der Waals surface area contributed by atoms with Crippen molar-refractivity contribution in [2.24, 2.45) is 17.4 Å². The summed E-state index contributed by atoms with van der Waals surface area (Å²) < 4.78 is 29.8. The first kappa shape index (κ1) is 23.5. The van der Waals surface area contributed by atoms with Gasteiger partial charge in [0.2, 0.25) is 5.91 Å². The van der Waals surface area contributed by atoms with Crippen LogP contribution < -0.4 is 21.5 Å². The number of amides is 1. The van der Waals surface area contributed by atoms with E-state index in [1.54, 1.807) is 13.8 Å². The van der Waals surface area contributed by atoms with Gasteiger partial charge in [0.25, 0.3) is 10.2 Å². The van der Waals surface area contributed by atoms with Crippen LogP contribution in [0.25, 0.3) is 0 Å². The first-order valence-corrected chi connectivity index (χ1v) is 11.2. The fraction of sp³-hybridized carbons (Fsp3) is 0.938. The lowest BCUT2D eigenvalue weighted by molar-refractivity contribution is -0.123. The summed E-state index contributed by atoms with van der Waals surface area (Å²) in [7, 11) is -5.15. The molecule has 0 spiro atoms. The second-order valence-corrected chi connectivity index (χ2v) is 10.4. The van der Waals surface area contributed by atoms with Crippen LogP contribution in [0.3, 0.4) is 0 Å². The molecule has 0 aromatic rings. The van der Waals surface area contributed by atoms with Crippen molar-refractivity contribution in [3.05, 3.63) is 0 Å². The second-order valence-electron chi connectivity index (χ2n) is 8.69. The molecule has 162 valence electrons. The van der Waals surface area contributed by atoms with Gasteiger partial charge in [-0.3, -0.25) is 4.79 Å². The molecule has 1 saturated carbocycles. The van der Waals surface area contributed by atoms with Gasteiger partial charge < -0.3 is 26.8 Å². The van der Waals surface area contributed by atoms with Gasteiger partial charge in [0.15, 0.2) is 0 Å². The number of nitrogens with one attached hydrogen (secondary N) is 2. The minimum Gasteiger partial charge on any atom is -0.427 e. The van der Waals surface area contributed by atoms with Gasteiger partial charge in [-0.2, -0.15) is 17.4 Å². The highest BCUT2D eigenvalue weighted by Gasteiger charge is 2.51. The van der Waals surface area contributed by atoms with Crippen molar-refractivity contribution in [3.8, 4) is 0 Å². The van der Waals surface area contributed by atoms with E-state index >= 15 is 0 Å². The zero-order valence-electron chi connectivity index (χ0n) is 16.9. The molecule has 10 nitrogen and oxygen atoms in total. The maximum atomic E-state index is 12.9. The molecule has 2 aliphatic rings. The van der Waals surface area contributed by atoms with E-state index in [2.05, 4.69) is 10.0 Å². The summed E-state index contributed by atoms with van der Waals surface area (Å²) in [6.45, 7) is 5.60. The third-order valence-corrected chi connectivity index (χ3v) is 7.57. The van der Waals surface area contributed by atoms with Crippen LogP contribution in [0.5, 0.6) is 0 Å². The molecule has 0 aromatic carbocycles. The van der Waals surface area contributed by atoms with Crippen LogP contribution in [0, 0.1) is 5.92 Å². The van der Waals surface area contributed by atoms with Crippen molar-refractivity contribution in [1.29, 1.82) is 0 Å². The van der Waals surface area contributed by atoms with Crippen molar-refractivity contribution in [2.45, 2.75) is 75.9 Å². The van der Waals surface area contributed by atoms with Crippen LogP contribution in [-0.4, -0.2) is 72.0 Å². The van der Waals surface area contributed by atoms with Crippen molar-refractivity contribution >= 4 is 23.2 Å². The van der Waals surface area contributed by atoms with Crippen LogP contribution in [0.4, 0.5) is 0 Å². The number of carbonyl (C=O) groups is 1. The monoisotopic (exact) mass is 419 g/mol. The molecular weight excluding hydrogens is 385 g/mol. The van der Waals surface area contributed by atoms with E-state index in [1.807, 2.05) is 6.92 Å². The molecule has 0 bridgehead atoms. The lowest BCUT2D eigenvalue weighted by Crippen LogP contribution is -2.57. The fourth-order valence-corrected chi connectivity index (χ4v) is 5.40. The first-order chi connectivity index (χ1) is 12.8. The Hall–Kier alpha value is -0.755. The Labute approximate surface area is 167 Å². The molecule has 1 aliphatic carbocycles. The predicted molar refractivity (Wildman–Crippen MR) is 107 cm³/mol. The van der Waals surface area contributed by atoms with Crippen molar-refractivity contribution < 1.29 is 23.3 Å². The zero-order valence-corrected chi connectivity index (χ0v) is 17.7. The molecule has 2 fully saturated rings. The van der Waals surface area contributed by atoms with E-state index in [-0.39, 0.29) is 31.2 Å². The van der Waals surface area contributed by atoms with Gasteiger partial charge in [0.1, 0.15) is 0 Å². The van der Waals surface area contributed by atoms with Gasteiger partial charge in [-0.05, 0) is 52.3 Å². The van der Waals surface area contributed by atoms with E-state index in [1.165, 1.54) is 4.31 Å². The molecule has 4 atom stereocenters. The van der Waals surface area contributed by atoms with E-state index in [0.29, 0.717) is 25.7 Å². The Morgan fingerprint density at radius 2 is 1.96 bits per heavy atom. The largest absolute Gasteiger partial charge is 0.451 e. The molecular formula is C16H34BN5O5S. The Kier molecular flexibility index (Phi) is 7.18. The molecule has 2 rings (SSSR count). The van der Waals surface area contributed by atoms with E-state index in [9.17, 15) is 13.2 Å². The second kappa shape index (κ2) is 8.54. The molecule has 28 heavy (non-hydrogen) atoms. The summed E-state index contributed by atoms with van der Waals surface area (Å²) in [5.41, 5.74) is 10.6. The quantitative estimate of drug-likeness (QED) is 0.225. The summed E-state index contributed by atoms with van der Waals surface area (Å²) >= 11 is 0. The van der Waals surface area contributed by atoms with Gasteiger partial charge in [-0.15, -0.1) is 0 Å². The number of rotatable bonds is 10. The minimum atomic E-state index is -3.78. The SMILES string of the molecule is C[C@H](N)C(=O)NC1([C@H](C)NS(=O)(=O)N2C[C@H](CCCB(O)O)[C@@](C)(N)C2)CC1. The summed E-state index contributed by atoms with van der Waals surface area (Å²) in [5, 5.41) is 20.8. The number of nitrogens with two attached hydrogens (primary N) is 2. The van der Waals surface area contributed by atoms with Crippen LogP contribution in [-0.2, 0) is 15.0 Å². The van der Waals surface area contributed by atoms with Crippen LogP contribution >= 0.6 is 0 Å². The van der Waals surface area contributed by atoms with Crippen LogP contribution in [0.1, 0.15) is 46.5 Å². The van der Waals surface area contributed by atoms with Gasteiger partial charge >= 0.3 is 7.12 Å².